The van der Waals surface area contributed by atoms with Gasteiger partial charge >= 0.3 is 0 Å². The van der Waals surface area contributed by atoms with E-state index in [0.717, 1.165) is 5.82 Å². The highest BCUT2D eigenvalue weighted by molar-refractivity contribution is 6.29. The highest BCUT2D eigenvalue weighted by Crippen LogP contribution is 2.25. The Morgan fingerprint density at radius 2 is 2.09 bits per heavy atom. The standard InChI is InChI=1S/C14H15ClN6O/c1-8(2)13-18-19-14-10(7-11(15)20-21(13)14)17-12-6-9(22-3)4-5-16-12/h4-8H,1-3H3,(H,16,17). The number of anilines is 2. The molecule has 1 N–H and O–H groups in total. The quantitative estimate of drug-likeness (QED) is 0.796. The van der Waals surface area contributed by atoms with Gasteiger partial charge in [0.1, 0.15) is 11.6 Å². The molecule has 0 bridgehead atoms. The Morgan fingerprint density at radius 3 is 2.82 bits per heavy atom. The molecule has 3 heterocycles. The molecule has 0 fully saturated rings. The van der Waals surface area contributed by atoms with Crippen LogP contribution in [-0.4, -0.2) is 31.9 Å². The van der Waals surface area contributed by atoms with Gasteiger partial charge in [0.05, 0.1) is 12.8 Å². The molecule has 3 aromatic heterocycles. The number of methoxy groups -OCH3 is 1. The van der Waals surface area contributed by atoms with Crippen LogP contribution in [0.25, 0.3) is 5.65 Å². The van der Waals surface area contributed by atoms with Gasteiger partial charge in [-0.1, -0.05) is 25.4 Å². The molecule has 3 rings (SSSR count). The zero-order valence-electron chi connectivity index (χ0n) is 12.4. The van der Waals surface area contributed by atoms with Crippen molar-refractivity contribution in [3.8, 4) is 5.75 Å². The summed E-state index contributed by atoms with van der Waals surface area (Å²) in [5.74, 6) is 2.26. The van der Waals surface area contributed by atoms with E-state index in [1.807, 2.05) is 13.8 Å². The fourth-order valence-corrected chi connectivity index (χ4v) is 2.25. The number of nitrogens with zero attached hydrogens (tertiary/aromatic N) is 5. The predicted molar refractivity (Wildman–Crippen MR) is 84.0 cm³/mol. The highest BCUT2D eigenvalue weighted by atomic mass is 35.5. The smallest absolute Gasteiger partial charge is 0.201 e. The lowest BCUT2D eigenvalue weighted by atomic mass is 10.2. The Balaban J connectivity index is 2.06. The third kappa shape index (κ3) is 2.67. The number of hydrogen-bond donors (Lipinski definition) is 1. The Kier molecular flexibility index (Phi) is 3.81. The number of fused-ring (bicyclic) bond motifs is 1. The largest absolute Gasteiger partial charge is 0.497 e. The summed E-state index contributed by atoms with van der Waals surface area (Å²) in [5.41, 5.74) is 1.28. The van der Waals surface area contributed by atoms with Gasteiger partial charge in [-0.3, -0.25) is 0 Å². The molecule has 0 unspecified atom stereocenters. The van der Waals surface area contributed by atoms with Gasteiger partial charge in [-0.15, -0.1) is 10.2 Å². The number of rotatable bonds is 4. The number of halogens is 1. The summed E-state index contributed by atoms with van der Waals surface area (Å²) in [6.45, 7) is 4.05. The van der Waals surface area contributed by atoms with Gasteiger partial charge in [0.15, 0.2) is 11.0 Å². The molecule has 0 aliphatic heterocycles. The molecule has 114 valence electrons. The van der Waals surface area contributed by atoms with Crippen LogP contribution in [0.2, 0.25) is 5.15 Å². The van der Waals surface area contributed by atoms with Crippen LogP contribution in [-0.2, 0) is 0 Å². The summed E-state index contributed by atoms with van der Waals surface area (Å²) in [4.78, 5) is 4.25. The van der Waals surface area contributed by atoms with E-state index in [4.69, 9.17) is 16.3 Å². The van der Waals surface area contributed by atoms with Crippen molar-refractivity contribution in [2.45, 2.75) is 19.8 Å². The second kappa shape index (κ2) is 5.76. The molecule has 7 nitrogen and oxygen atoms in total. The molecule has 0 saturated carbocycles. The Bertz CT molecular complexity index is 816. The van der Waals surface area contributed by atoms with Crippen molar-refractivity contribution in [1.29, 1.82) is 0 Å². The van der Waals surface area contributed by atoms with Crippen LogP contribution >= 0.6 is 11.6 Å². The lowest BCUT2D eigenvalue weighted by Gasteiger charge is -2.09. The van der Waals surface area contributed by atoms with Crippen LogP contribution < -0.4 is 10.1 Å². The maximum Gasteiger partial charge on any atom is 0.201 e. The van der Waals surface area contributed by atoms with Crippen LogP contribution in [0.15, 0.2) is 24.4 Å². The van der Waals surface area contributed by atoms with Crippen molar-refractivity contribution in [3.05, 3.63) is 35.4 Å². The van der Waals surface area contributed by atoms with Gasteiger partial charge in [-0.25, -0.2) is 4.98 Å². The minimum Gasteiger partial charge on any atom is -0.497 e. The first kappa shape index (κ1) is 14.5. The van der Waals surface area contributed by atoms with E-state index in [1.54, 1.807) is 36.0 Å². The molecule has 0 aliphatic rings. The Morgan fingerprint density at radius 1 is 1.27 bits per heavy atom. The topological polar surface area (TPSA) is 77.2 Å². The van der Waals surface area contributed by atoms with Crippen molar-refractivity contribution in [2.24, 2.45) is 0 Å². The van der Waals surface area contributed by atoms with Gasteiger partial charge in [0, 0.05) is 24.2 Å². The van der Waals surface area contributed by atoms with Crippen LogP contribution in [0, 0.1) is 0 Å². The van der Waals surface area contributed by atoms with E-state index in [0.29, 0.717) is 28.1 Å². The van der Waals surface area contributed by atoms with Crippen LogP contribution in [0.5, 0.6) is 5.75 Å². The van der Waals surface area contributed by atoms with Crippen LogP contribution in [0.4, 0.5) is 11.5 Å². The van der Waals surface area contributed by atoms with E-state index in [1.165, 1.54) is 0 Å². The summed E-state index contributed by atoms with van der Waals surface area (Å²) in [6.07, 6.45) is 1.66. The lowest BCUT2D eigenvalue weighted by molar-refractivity contribution is 0.414. The lowest BCUT2D eigenvalue weighted by Crippen LogP contribution is -2.04. The van der Waals surface area contributed by atoms with Crippen molar-refractivity contribution >= 4 is 28.8 Å². The SMILES string of the molecule is COc1ccnc(Nc2cc(Cl)nn3c(C(C)C)nnc23)c1. The first-order valence-electron chi connectivity index (χ1n) is 6.77. The number of hydrogen-bond acceptors (Lipinski definition) is 6. The molecule has 0 radical (unpaired) electrons. The fourth-order valence-electron chi connectivity index (χ4n) is 2.06. The Hall–Kier alpha value is -2.41. The summed E-state index contributed by atoms with van der Waals surface area (Å²) in [5, 5.41) is 16.2. The summed E-state index contributed by atoms with van der Waals surface area (Å²) in [7, 11) is 1.61. The molecule has 0 saturated heterocycles. The van der Waals surface area contributed by atoms with E-state index in [-0.39, 0.29) is 5.92 Å². The molecule has 0 amide bonds. The van der Waals surface area contributed by atoms with Gasteiger partial charge in [-0.05, 0) is 6.07 Å². The van der Waals surface area contributed by atoms with E-state index in [9.17, 15) is 0 Å². The zero-order valence-corrected chi connectivity index (χ0v) is 13.2. The number of ether oxygens (including phenoxy) is 1. The van der Waals surface area contributed by atoms with Gasteiger partial charge < -0.3 is 10.1 Å². The molecule has 0 aliphatic carbocycles. The second-order valence-electron chi connectivity index (χ2n) is 5.03. The molecular formula is C14H15ClN6O. The average Bonchev–Trinajstić information content (AvgIpc) is 2.91. The van der Waals surface area contributed by atoms with Gasteiger partial charge in [0.2, 0.25) is 5.65 Å². The van der Waals surface area contributed by atoms with Gasteiger partial charge in [-0.2, -0.15) is 9.61 Å². The average molecular weight is 319 g/mol. The second-order valence-corrected chi connectivity index (χ2v) is 5.42. The van der Waals surface area contributed by atoms with Crippen molar-refractivity contribution < 1.29 is 4.74 Å². The number of pyridine rings is 1. The Labute approximate surface area is 132 Å². The number of aromatic nitrogens is 5. The number of nitrogens with one attached hydrogen (secondary N) is 1. The van der Waals surface area contributed by atoms with Crippen LogP contribution in [0.1, 0.15) is 25.6 Å². The highest BCUT2D eigenvalue weighted by Gasteiger charge is 2.15. The third-order valence-corrected chi connectivity index (χ3v) is 3.30. The molecule has 3 aromatic rings. The normalized spacial score (nSPS) is 11.1. The molecule has 0 atom stereocenters. The molecule has 8 heteroatoms. The van der Waals surface area contributed by atoms with E-state index >= 15 is 0 Å². The minimum absolute atomic E-state index is 0.184. The first-order valence-corrected chi connectivity index (χ1v) is 7.15. The molecule has 22 heavy (non-hydrogen) atoms. The van der Waals surface area contributed by atoms with Crippen molar-refractivity contribution in [2.75, 3.05) is 12.4 Å². The van der Waals surface area contributed by atoms with Crippen molar-refractivity contribution in [3.63, 3.8) is 0 Å². The maximum absolute atomic E-state index is 6.11. The van der Waals surface area contributed by atoms with Crippen LogP contribution in [0.3, 0.4) is 0 Å². The molecule has 0 spiro atoms. The summed E-state index contributed by atoms with van der Waals surface area (Å²) in [6, 6.07) is 5.25. The van der Waals surface area contributed by atoms with E-state index < -0.39 is 0 Å². The van der Waals surface area contributed by atoms with Gasteiger partial charge in [0.25, 0.3) is 0 Å². The molecular weight excluding hydrogens is 304 g/mol. The first-order chi connectivity index (χ1) is 10.6. The summed E-state index contributed by atoms with van der Waals surface area (Å²) >= 11 is 6.11. The summed E-state index contributed by atoms with van der Waals surface area (Å²) < 4.78 is 6.84. The van der Waals surface area contributed by atoms with Crippen molar-refractivity contribution in [1.82, 2.24) is 24.8 Å². The van der Waals surface area contributed by atoms with E-state index in [2.05, 4.69) is 25.6 Å². The third-order valence-electron chi connectivity index (χ3n) is 3.11. The molecule has 0 aromatic carbocycles. The zero-order chi connectivity index (χ0) is 15.7. The fraction of sp³-hybridized carbons (Fsp3) is 0.286. The predicted octanol–water partition coefficient (Wildman–Crippen LogP) is 3.05. The minimum atomic E-state index is 0.184. The monoisotopic (exact) mass is 318 g/mol. The maximum atomic E-state index is 6.11.